The summed E-state index contributed by atoms with van der Waals surface area (Å²) in [7, 11) is 0. The summed E-state index contributed by atoms with van der Waals surface area (Å²) in [6, 6.07) is 0. The molecule has 0 aliphatic heterocycles. The average Bonchev–Trinajstić information content (AvgIpc) is 2.51. The summed E-state index contributed by atoms with van der Waals surface area (Å²) in [5, 5.41) is 0. The number of alkyl halides is 19. The molecule has 0 aromatic heterocycles. The Balaban J connectivity index is 6.69. The molecule has 0 bridgehead atoms. The Morgan fingerprint density at radius 2 is 0.781 bits per heavy atom. The molecule has 0 heterocycles. The lowest BCUT2D eigenvalue weighted by Gasteiger charge is -2.42. The third-order valence-corrected chi connectivity index (χ3v) is 3.57. The van der Waals surface area contributed by atoms with Crippen molar-refractivity contribution in [2.24, 2.45) is 0 Å². The molecule has 0 saturated heterocycles. The van der Waals surface area contributed by atoms with Crippen molar-refractivity contribution in [1.82, 2.24) is 0 Å². The van der Waals surface area contributed by atoms with Gasteiger partial charge in [0.15, 0.2) is 0 Å². The second-order valence-electron chi connectivity index (χ2n) is 5.96. The van der Waals surface area contributed by atoms with Crippen LogP contribution in [0.25, 0.3) is 0 Å². The van der Waals surface area contributed by atoms with E-state index in [-0.39, 0.29) is 0 Å². The van der Waals surface area contributed by atoms with Gasteiger partial charge in [-0.2, -0.15) is 83.4 Å². The molecule has 0 unspecified atom stereocenters. The van der Waals surface area contributed by atoms with Gasteiger partial charge in [-0.15, -0.1) is 0 Å². The summed E-state index contributed by atoms with van der Waals surface area (Å²) in [6.45, 7) is 0.548. The normalized spacial score (nSPS) is 16.5. The van der Waals surface area contributed by atoms with Crippen LogP contribution < -0.4 is 0 Å². The van der Waals surface area contributed by atoms with Gasteiger partial charge < -0.3 is 0 Å². The molecule has 20 heteroatoms. The van der Waals surface area contributed by atoms with E-state index in [1.165, 1.54) is 0 Å². The molecule has 0 N–H and O–H groups in total. The van der Waals surface area contributed by atoms with Crippen LogP contribution in [0.1, 0.15) is 19.8 Å². The van der Waals surface area contributed by atoms with Crippen LogP contribution in [0.3, 0.4) is 0 Å². The smallest absolute Gasteiger partial charge is 0.262 e. The Morgan fingerprint density at radius 3 is 1.06 bits per heavy atom. The predicted molar refractivity (Wildman–Crippen MR) is 61.6 cm³/mol. The van der Waals surface area contributed by atoms with Crippen molar-refractivity contribution in [3.8, 4) is 0 Å². The molecule has 0 spiro atoms. The van der Waals surface area contributed by atoms with Gasteiger partial charge in [0.2, 0.25) is 0 Å². The summed E-state index contributed by atoms with van der Waals surface area (Å²) in [5.41, 5.74) is 0. The van der Waals surface area contributed by atoms with E-state index < -0.39 is 66.8 Å². The summed E-state index contributed by atoms with van der Waals surface area (Å²) < 4.78 is 246. The molecule has 0 aliphatic carbocycles. The van der Waals surface area contributed by atoms with E-state index in [1.54, 1.807) is 0 Å². The first-order chi connectivity index (χ1) is 13.5. The van der Waals surface area contributed by atoms with Gasteiger partial charge in [0, 0.05) is 6.42 Å². The highest BCUT2D eigenvalue weighted by atomic mass is 19.4. The van der Waals surface area contributed by atoms with Gasteiger partial charge in [-0.25, -0.2) is 0 Å². The van der Waals surface area contributed by atoms with Gasteiger partial charge in [-0.05, 0) is 0 Å². The van der Waals surface area contributed by atoms with Gasteiger partial charge in [-0.1, -0.05) is 13.3 Å². The predicted octanol–water partition coefficient (Wildman–Crippen LogP) is 7.36. The minimum Gasteiger partial charge on any atom is -0.262 e. The van der Waals surface area contributed by atoms with Crippen molar-refractivity contribution < 1.29 is 88.2 Å². The summed E-state index contributed by atoms with van der Waals surface area (Å²) in [6.07, 6.45) is -27.5. The highest BCUT2D eigenvalue weighted by molar-refractivity contribution is 5.10. The third-order valence-electron chi connectivity index (χ3n) is 3.57. The maximum atomic E-state index is 13.4. The first-order valence-corrected chi connectivity index (χ1v) is 7.31. The van der Waals surface area contributed by atoms with Crippen LogP contribution in [0, 0.1) is 0 Å². The van der Waals surface area contributed by atoms with Crippen LogP contribution in [0.15, 0.2) is 0 Å². The Morgan fingerprint density at radius 1 is 0.469 bits per heavy atom. The van der Waals surface area contributed by atoms with E-state index >= 15 is 0 Å². The highest BCUT2D eigenvalue weighted by Crippen LogP contribution is 2.62. The highest BCUT2D eigenvalue weighted by Gasteiger charge is 2.92. The SMILES string of the molecule is CCCC(F)(F)C(F)(F)C(F)(F)C(F)(F)C(F)(F)C(F)(F)OC(F)(C(F)(F)F)C(F)(F)F. The largest absolute Gasteiger partial charge is 0.458 e. The molecule has 0 radical (unpaired) electrons. The van der Waals surface area contributed by atoms with E-state index in [2.05, 4.69) is 0 Å². The zero-order valence-corrected chi connectivity index (χ0v) is 14.5. The molecule has 32 heavy (non-hydrogen) atoms. The third kappa shape index (κ3) is 4.26. The molecule has 0 amide bonds. The minimum atomic E-state index is -8.55. The lowest BCUT2D eigenvalue weighted by molar-refractivity contribution is -0.526. The zero-order valence-electron chi connectivity index (χ0n) is 14.5. The summed E-state index contributed by atoms with van der Waals surface area (Å²) >= 11 is 0. The van der Waals surface area contributed by atoms with Crippen molar-refractivity contribution in [2.75, 3.05) is 0 Å². The Labute approximate surface area is 163 Å². The fourth-order valence-corrected chi connectivity index (χ4v) is 1.79. The fourth-order valence-electron chi connectivity index (χ4n) is 1.79. The Hall–Kier alpha value is -1.37. The summed E-state index contributed by atoms with van der Waals surface area (Å²) in [5.74, 6) is -47.2. The molecule has 0 rings (SSSR count). The van der Waals surface area contributed by atoms with Gasteiger partial charge in [-0.3, -0.25) is 4.74 Å². The van der Waals surface area contributed by atoms with Gasteiger partial charge in [0.1, 0.15) is 0 Å². The van der Waals surface area contributed by atoms with E-state index in [0.29, 0.717) is 6.92 Å². The number of hydrogen-bond acceptors (Lipinski definition) is 1. The standard InChI is InChI=1S/C12H7F19O/c1-2-3-4(13,14)5(15,16)6(17,18)7(19,20)8(21,22)12(30,31)32-9(23,10(24,25)26)11(27,28)29/h2-3H2,1H3. The lowest BCUT2D eigenvalue weighted by Crippen LogP contribution is -2.72. The number of ether oxygens (including phenoxy) is 1. The van der Waals surface area contributed by atoms with Crippen molar-refractivity contribution in [3.05, 3.63) is 0 Å². The average molecular weight is 528 g/mol. The van der Waals surface area contributed by atoms with E-state index in [0.717, 1.165) is 4.74 Å². The van der Waals surface area contributed by atoms with E-state index in [9.17, 15) is 83.4 Å². The Bertz CT molecular complexity index is 642. The van der Waals surface area contributed by atoms with Gasteiger partial charge >= 0.3 is 53.9 Å². The number of rotatable bonds is 9. The maximum absolute atomic E-state index is 13.4. The molecule has 1 nitrogen and oxygen atoms in total. The second kappa shape index (κ2) is 7.85. The zero-order chi connectivity index (χ0) is 26.6. The van der Waals surface area contributed by atoms with Crippen LogP contribution in [0.5, 0.6) is 0 Å². The first-order valence-electron chi connectivity index (χ1n) is 7.31. The van der Waals surface area contributed by atoms with Crippen LogP contribution in [0.2, 0.25) is 0 Å². The van der Waals surface area contributed by atoms with Crippen molar-refractivity contribution in [1.29, 1.82) is 0 Å². The number of hydrogen-bond donors (Lipinski definition) is 0. The quantitative estimate of drug-likeness (QED) is 0.284. The van der Waals surface area contributed by atoms with Gasteiger partial charge in [0.05, 0.1) is 0 Å². The molecule has 0 atom stereocenters. The first kappa shape index (κ1) is 30.6. The molecule has 0 fully saturated rings. The molecular formula is C12H7F19O. The lowest BCUT2D eigenvalue weighted by atomic mass is 9.92. The fraction of sp³-hybridized carbons (Fsp3) is 1.00. The van der Waals surface area contributed by atoms with Gasteiger partial charge in [0.25, 0.3) is 0 Å². The molecule has 194 valence electrons. The minimum absolute atomic E-state index is 0.548. The van der Waals surface area contributed by atoms with Crippen LogP contribution in [0.4, 0.5) is 83.4 Å². The van der Waals surface area contributed by atoms with E-state index in [4.69, 9.17) is 0 Å². The molecule has 0 aromatic carbocycles. The van der Waals surface area contributed by atoms with Crippen molar-refractivity contribution >= 4 is 0 Å². The molecule has 0 aromatic rings. The molecule has 0 aliphatic rings. The van der Waals surface area contributed by atoms with Crippen LogP contribution in [-0.2, 0) is 4.74 Å². The van der Waals surface area contributed by atoms with Crippen LogP contribution >= 0.6 is 0 Å². The monoisotopic (exact) mass is 528 g/mol. The van der Waals surface area contributed by atoms with Crippen molar-refractivity contribution in [3.63, 3.8) is 0 Å². The molecular weight excluding hydrogens is 521 g/mol. The second-order valence-corrected chi connectivity index (χ2v) is 5.96. The summed E-state index contributed by atoms with van der Waals surface area (Å²) in [4.78, 5) is 0. The number of halogens is 19. The van der Waals surface area contributed by atoms with Crippen molar-refractivity contribution in [2.45, 2.75) is 73.7 Å². The maximum Gasteiger partial charge on any atom is 0.458 e. The topological polar surface area (TPSA) is 9.23 Å². The molecule has 0 saturated carbocycles. The van der Waals surface area contributed by atoms with Crippen LogP contribution in [-0.4, -0.2) is 53.9 Å². The Kier molecular flexibility index (Phi) is 7.51. The van der Waals surface area contributed by atoms with E-state index in [1.807, 2.05) is 0 Å².